The summed E-state index contributed by atoms with van der Waals surface area (Å²) in [6, 6.07) is 14.5. The second-order valence-electron chi connectivity index (χ2n) is 4.49. The summed E-state index contributed by atoms with van der Waals surface area (Å²) in [5.74, 6) is -0.671. The van der Waals surface area contributed by atoms with Crippen molar-refractivity contribution in [2.75, 3.05) is 4.90 Å². The van der Waals surface area contributed by atoms with Crippen LogP contribution in [0.1, 0.15) is 11.6 Å². The number of para-hydroxylation sites is 1. The third-order valence-corrected chi connectivity index (χ3v) is 3.31. The van der Waals surface area contributed by atoms with E-state index >= 15 is 0 Å². The van der Waals surface area contributed by atoms with Crippen molar-refractivity contribution in [1.29, 1.82) is 0 Å². The Balaban J connectivity index is 1.96. The minimum absolute atomic E-state index is 0.333. The van der Waals surface area contributed by atoms with Crippen molar-refractivity contribution in [3.05, 3.63) is 66.0 Å². The van der Waals surface area contributed by atoms with Crippen LogP contribution in [-0.4, -0.2) is 17.1 Å². The SMILES string of the molecule is O=C1C(O)C(c2ccc(F)cc2)N1c1ccccc1. The van der Waals surface area contributed by atoms with E-state index in [-0.39, 0.29) is 11.7 Å². The third kappa shape index (κ3) is 1.90. The van der Waals surface area contributed by atoms with E-state index in [1.807, 2.05) is 18.2 Å². The molecule has 1 amide bonds. The summed E-state index contributed by atoms with van der Waals surface area (Å²) in [5, 5.41) is 9.85. The van der Waals surface area contributed by atoms with Crippen LogP contribution in [0.2, 0.25) is 0 Å². The predicted octanol–water partition coefficient (Wildman–Crippen LogP) is 2.27. The van der Waals surface area contributed by atoms with Crippen LogP contribution < -0.4 is 4.90 Å². The van der Waals surface area contributed by atoms with Gasteiger partial charge in [0.15, 0.2) is 6.10 Å². The van der Waals surface area contributed by atoms with Crippen LogP contribution >= 0.6 is 0 Å². The molecule has 0 bridgehead atoms. The maximum Gasteiger partial charge on any atom is 0.259 e. The molecule has 0 saturated carbocycles. The molecule has 0 aliphatic carbocycles. The molecule has 0 aromatic heterocycles. The summed E-state index contributed by atoms with van der Waals surface area (Å²) in [4.78, 5) is 13.3. The molecule has 1 heterocycles. The summed E-state index contributed by atoms with van der Waals surface area (Å²) < 4.78 is 12.9. The molecule has 1 aliphatic heterocycles. The van der Waals surface area contributed by atoms with Gasteiger partial charge in [0.1, 0.15) is 5.82 Å². The van der Waals surface area contributed by atoms with Crippen LogP contribution in [0.3, 0.4) is 0 Å². The van der Waals surface area contributed by atoms with Crippen LogP contribution in [0.4, 0.5) is 10.1 Å². The number of hydrogen-bond acceptors (Lipinski definition) is 2. The third-order valence-electron chi connectivity index (χ3n) is 3.31. The van der Waals surface area contributed by atoms with Crippen LogP contribution in [0.15, 0.2) is 54.6 Å². The molecule has 0 radical (unpaired) electrons. The normalized spacial score (nSPS) is 22.2. The lowest BCUT2D eigenvalue weighted by molar-refractivity contribution is -0.137. The fraction of sp³-hybridized carbons (Fsp3) is 0.133. The first kappa shape index (κ1) is 11.9. The van der Waals surface area contributed by atoms with Gasteiger partial charge in [-0.1, -0.05) is 30.3 Å². The smallest absolute Gasteiger partial charge is 0.259 e. The zero-order valence-corrected chi connectivity index (χ0v) is 10.0. The summed E-state index contributed by atoms with van der Waals surface area (Å²) in [6.07, 6.45) is -1.06. The lowest BCUT2D eigenvalue weighted by Crippen LogP contribution is -2.59. The van der Waals surface area contributed by atoms with E-state index in [1.165, 1.54) is 17.0 Å². The summed E-state index contributed by atoms with van der Waals surface area (Å²) in [7, 11) is 0. The maximum atomic E-state index is 12.9. The lowest BCUT2D eigenvalue weighted by Gasteiger charge is -2.44. The molecule has 0 spiro atoms. The number of benzene rings is 2. The van der Waals surface area contributed by atoms with Crippen molar-refractivity contribution >= 4 is 11.6 Å². The Hall–Kier alpha value is -2.20. The Bertz CT molecular complexity index is 597. The van der Waals surface area contributed by atoms with Gasteiger partial charge in [-0.05, 0) is 29.8 Å². The Morgan fingerprint density at radius 2 is 1.63 bits per heavy atom. The Kier molecular flexibility index (Phi) is 2.80. The van der Waals surface area contributed by atoms with Gasteiger partial charge in [0.25, 0.3) is 5.91 Å². The number of amides is 1. The van der Waals surface area contributed by atoms with Gasteiger partial charge in [0.2, 0.25) is 0 Å². The van der Waals surface area contributed by atoms with E-state index in [2.05, 4.69) is 0 Å². The van der Waals surface area contributed by atoms with Crippen LogP contribution in [0.5, 0.6) is 0 Å². The molecular weight excluding hydrogens is 245 g/mol. The predicted molar refractivity (Wildman–Crippen MR) is 69.1 cm³/mol. The standard InChI is InChI=1S/C15H12FNO2/c16-11-8-6-10(7-9-11)13-14(18)15(19)17(13)12-4-2-1-3-5-12/h1-9,13-14,18H. The molecule has 96 valence electrons. The number of β-lactam (4-membered cyclic amide) rings is 1. The zero-order valence-electron chi connectivity index (χ0n) is 10.0. The highest BCUT2D eigenvalue weighted by Gasteiger charge is 2.47. The van der Waals surface area contributed by atoms with E-state index in [9.17, 15) is 14.3 Å². The van der Waals surface area contributed by atoms with Gasteiger partial charge in [0, 0.05) is 5.69 Å². The van der Waals surface area contributed by atoms with Crippen LogP contribution in [-0.2, 0) is 4.79 Å². The van der Waals surface area contributed by atoms with Gasteiger partial charge < -0.3 is 5.11 Å². The fourth-order valence-electron chi connectivity index (χ4n) is 2.34. The minimum Gasteiger partial charge on any atom is -0.381 e. The van der Waals surface area contributed by atoms with Crippen molar-refractivity contribution in [2.24, 2.45) is 0 Å². The van der Waals surface area contributed by atoms with Crippen molar-refractivity contribution in [3.63, 3.8) is 0 Å². The number of carbonyl (C=O) groups is 1. The zero-order chi connectivity index (χ0) is 13.4. The van der Waals surface area contributed by atoms with E-state index in [0.717, 1.165) is 11.3 Å². The highest BCUT2D eigenvalue weighted by Crippen LogP contribution is 2.38. The summed E-state index contributed by atoms with van der Waals surface area (Å²) >= 11 is 0. The Labute approximate surface area is 109 Å². The number of carbonyl (C=O) groups excluding carboxylic acids is 1. The number of hydrogen-bond donors (Lipinski definition) is 1. The first-order valence-corrected chi connectivity index (χ1v) is 6.00. The molecule has 1 fully saturated rings. The molecule has 2 aromatic carbocycles. The van der Waals surface area contributed by atoms with Crippen molar-refractivity contribution in [2.45, 2.75) is 12.1 Å². The average Bonchev–Trinajstić information content (AvgIpc) is 2.46. The van der Waals surface area contributed by atoms with Gasteiger partial charge >= 0.3 is 0 Å². The molecule has 1 N–H and O–H groups in total. The van der Waals surface area contributed by atoms with Gasteiger partial charge in [-0.15, -0.1) is 0 Å². The average molecular weight is 257 g/mol. The lowest BCUT2D eigenvalue weighted by atomic mass is 9.90. The molecule has 4 heteroatoms. The number of aliphatic hydroxyl groups is 1. The topological polar surface area (TPSA) is 40.5 Å². The van der Waals surface area contributed by atoms with Crippen LogP contribution in [0.25, 0.3) is 0 Å². The van der Waals surface area contributed by atoms with Crippen LogP contribution in [0, 0.1) is 5.82 Å². The monoisotopic (exact) mass is 257 g/mol. The molecule has 19 heavy (non-hydrogen) atoms. The summed E-state index contributed by atoms with van der Waals surface area (Å²) in [6.45, 7) is 0. The highest BCUT2D eigenvalue weighted by atomic mass is 19.1. The molecule has 2 aromatic rings. The number of halogens is 1. The largest absolute Gasteiger partial charge is 0.381 e. The molecule has 1 saturated heterocycles. The number of aliphatic hydroxyl groups excluding tert-OH is 1. The molecular formula is C15H12FNO2. The maximum absolute atomic E-state index is 12.9. The summed E-state index contributed by atoms with van der Waals surface area (Å²) in [5.41, 5.74) is 1.45. The van der Waals surface area contributed by atoms with Gasteiger partial charge in [-0.25, -0.2) is 4.39 Å². The number of rotatable bonds is 2. The van der Waals surface area contributed by atoms with E-state index in [1.54, 1.807) is 24.3 Å². The molecule has 3 nitrogen and oxygen atoms in total. The first-order valence-electron chi connectivity index (χ1n) is 6.00. The van der Waals surface area contributed by atoms with Crippen molar-refractivity contribution in [3.8, 4) is 0 Å². The highest BCUT2D eigenvalue weighted by molar-refractivity contribution is 6.04. The van der Waals surface area contributed by atoms with E-state index in [0.29, 0.717) is 0 Å². The molecule has 1 aliphatic rings. The van der Waals surface area contributed by atoms with Gasteiger partial charge in [-0.2, -0.15) is 0 Å². The number of anilines is 1. The second kappa shape index (κ2) is 4.48. The van der Waals surface area contributed by atoms with Crippen molar-refractivity contribution < 1.29 is 14.3 Å². The first-order chi connectivity index (χ1) is 9.18. The minimum atomic E-state index is -1.06. The van der Waals surface area contributed by atoms with Gasteiger partial charge in [-0.3, -0.25) is 9.69 Å². The Morgan fingerprint density at radius 1 is 1.00 bits per heavy atom. The Morgan fingerprint density at radius 3 is 2.26 bits per heavy atom. The number of nitrogens with zero attached hydrogens (tertiary/aromatic N) is 1. The molecule has 3 rings (SSSR count). The quantitative estimate of drug-likeness (QED) is 0.838. The van der Waals surface area contributed by atoms with E-state index in [4.69, 9.17) is 0 Å². The van der Waals surface area contributed by atoms with Crippen molar-refractivity contribution in [1.82, 2.24) is 0 Å². The molecule has 2 atom stereocenters. The second-order valence-corrected chi connectivity index (χ2v) is 4.49. The molecule has 2 unspecified atom stereocenters. The fourth-order valence-corrected chi connectivity index (χ4v) is 2.34. The van der Waals surface area contributed by atoms with Gasteiger partial charge in [0.05, 0.1) is 6.04 Å². The van der Waals surface area contributed by atoms with E-state index < -0.39 is 12.1 Å².